The van der Waals surface area contributed by atoms with E-state index in [-0.39, 0.29) is 0 Å². The molecule has 198 valence electrons. The van der Waals surface area contributed by atoms with Gasteiger partial charge in [-0.3, -0.25) is 0 Å². The Kier molecular flexibility index (Phi) is 4.75. The third kappa shape index (κ3) is 3.34. The second-order valence-corrected chi connectivity index (χ2v) is 12.8. The van der Waals surface area contributed by atoms with Crippen molar-refractivity contribution in [1.82, 2.24) is 0 Å². The first-order chi connectivity index (χ1) is 21.3. The third-order valence-corrected chi connectivity index (χ3v) is 10.5. The van der Waals surface area contributed by atoms with Crippen molar-refractivity contribution < 1.29 is 0 Å². The van der Waals surface area contributed by atoms with Crippen molar-refractivity contribution in [3.05, 3.63) is 146 Å². The van der Waals surface area contributed by atoms with Crippen LogP contribution in [0.15, 0.2) is 155 Å². The Labute approximate surface area is 253 Å². The molecule has 0 N–H and O–H groups in total. The van der Waals surface area contributed by atoms with Gasteiger partial charge >= 0.3 is 0 Å². The summed E-state index contributed by atoms with van der Waals surface area (Å²) in [5, 5.41) is 13.2. The van der Waals surface area contributed by atoms with E-state index in [2.05, 4.69) is 146 Å². The summed E-state index contributed by atoms with van der Waals surface area (Å²) < 4.78 is 0. The standard InChI is InChI=1S/C42H24S/c1-5-26-13-14-28-15-20-34(36-21-16-27(6-1)40(26)42(28)36)33-10-3-9-31-23-29(17-19-32(31)33)30-18-22-38-37(24-30)35-11-2-7-25-8-4-12-39(43-38)41(25)35/h1-24H. The molecule has 1 aliphatic heterocycles. The van der Waals surface area contributed by atoms with Gasteiger partial charge < -0.3 is 0 Å². The van der Waals surface area contributed by atoms with Gasteiger partial charge in [0.1, 0.15) is 0 Å². The number of hydrogen-bond donors (Lipinski definition) is 0. The lowest BCUT2D eigenvalue weighted by molar-refractivity contribution is 1.40. The molecule has 0 fully saturated rings. The highest BCUT2D eigenvalue weighted by Gasteiger charge is 2.20. The fourth-order valence-corrected chi connectivity index (χ4v) is 8.54. The summed E-state index contributed by atoms with van der Waals surface area (Å²) in [4.78, 5) is 2.67. The normalized spacial score (nSPS) is 12.6. The summed E-state index contributed by atoms with van der Waals surface area (Å²) in [6, 6.07) is 54.3. The molecule has 0 amide bonds. The Morgan fingerprint density at radius 2 is 0.884 bits per heavy atom. The highest BCUT2D eigenvalue weighted by Crippen LogP contribution is 2.49. The lowest BCUT2D eigenvalue weighted by Crippen LogP contribution is -1.93. The van der Waals surface area contributed by atoms with Crippen LogP contribution in [0.25, 0.3) is 87.2 Å². The van der Waals surface area contributed by atoms with Crippen LogP contribution in [0.4, 0.5) is 0 Å². The van der Waals surface area contributed by atoms with Crippen LogP contribution in [0.3, 0.4) is 0 Å². The van der Waals surface area contributed by atoms with Crippen molar-refractivity contribution in [1.29, 1.82) is 0 Å². The van der Waals surface area contributed by atoms with Gasteiger partial charge in [0.2, 0.25) is 0 Å². The Morgan fingerprint density at radius 3 is 1.74 bits per heavy atom. The monoisotopic (exact) mass is 560 g/mol. The fourth-order valence-electron chi connectivity index (χ4n) is 7.41. The zero-order chi connectivity index (χ0) is 28.1. The molecule has 0 saturated carbocycles. The van der Waals surface area contributed by atoms with Crippen molar-refractivity contribution in [2.45, 2.75) is 9.79 Å². The second-order valence-electron chi connectivity index (χ2n) is 11.7. The third-order valence-electron chi connectivity index (χ3n) is 9.39. The average molecular weight is 561 g/mol. The zero-order valence-electron chi connectivity index (χ0n) is 23.3. The van der Waals surface area contributed by atoms with Crippen LogP contribution < -0.4 is 0 Å². The van der Waals surface area contributed by atoms with Crippen molar-refractivity contribution >= 4 is 65.6 Å². The van der Waals surface area contributed by atoms with E-state index >= 15 is 0 Å². The summed E-state index contributed by atoms with van der Waals surface area (Å²) in [6.07, 6.45) is 0. The van der Waals surface area contributed by atoms with Crippen LogP contribution in [0.2, 0.25) is 0 Å². The highest BCUT2D eigenvalue weighted by atomic mass is 32.2. The molecule has 43 heavy (non-hydrogen) atoms. The molecule has 1 heterocycles. The minimum absolute atomic E-state index is 1.25. The molecule has 1 aliphatic rings. The predicted octanol–water partition coefficient (Wildman–Crippen LogP) is 12.4. The minimum atomic E-state index is 1.25. The molecule has 0 saturated heterocycles. The summed E-state index contributed by atoms with van der Waals surface area (Å²) in [5.41, 5.74) is 7.74. The first-order valence-electron chi connectivity index (χ1n) is 14.8. The molecule has 1 heteroatoms. The predicted molar refractivity (Wildman–Crippen MR) is 186 cm³/mol. The van der Waals surface area contributed by atoms with Gasteiger partial charge in [-0.2, -0.15) is 0 Å². The molecular formula is C42H24S. The second kappa shape index (κ2) is 8.70. The van der Waals surface area contributed by atoms with Gasteiger partial charge in [0.15, 0.2) is 0 Å². The SMILES string of the molecule is c1cc(-c2ccc3ccc4cccc5ccc2c3c45)c2ccc(-c3ccc4c(c3)-c3cccc5cccc(c35)S4)cc2c1. The van der Waals surface area contributed by atoms with Crippen LogP contribution in [-0.2, 0) is 0 Å². The topological polar surface area (TPSA) is 0 Å². The maximum Gasteiger partial charge on any atom is 0.0207 e. The lowest BCUT2D eigenvalue weighted by Gasteiger charge is -2.21. The van der Waals surface area contributed by atoms with Crippen LogP contribution in [0.1, 0.15) is 0 Å². The number of benzene rings is 9. The van der Waals surface area contributed by atoms with E-state index in [9.17, 15) is 0 Å². The zero-order valence-corrected chi connectivity index (χ0v) is 24.1. The molecule has 9 aromatic carbocycles. The van der Waals surface area contributed by atoms with E-state index in [4.69, 9.17) is 0 Å². The Balaban J connectivity index is 1.14. The quantitative estimate of drug-likeness (QED) is 0.190. The van der Waals surface area contributed by atoms with Crippen LogP contribution >= 0.6 is 11.8 Å². The van der Waals surface area contributed by atoms with E-state index in [1.54, 1.807) is 0 Å². The Morgan fingerprint density at radius 1 is 0.302 bits per heavy atom. The summed E-state index contributed by atoms with van der Waals surface area (Å²) in [7, 11) is 0. The molecule has 0 bridgehead atoms. The average Bonchev–Trinajstić information content (AvgIpc) is 3.07. The van der Waals surface area contributed by atoms with Gasteiger partial charge in [-0.05, 0) is 106 Å². The van der Waals surface area contributed by atoms with Crippen molar-refractivity contribution in [3.8, 4) is 33.4 Å². The van der Waals surface area contributed by atoms with Gasteiger partial charge in [-0.15, -0.1) is 0 Å². The molecule has 10 rings (SSSR count). The first kappa shape index (κ1) is 23.5. The molecule has 0 nitrogen and oxygen atoms in total. The van der Waals surface area contributed by atoms with Crippen molar-refractivity contribution in [2.24, 2.45) is 0 Å². The largest absolute Gasteiger partial charge is 0.0888 e. The molecule has 0 spiro atoms. The summed E-state index contributed by atoms with van der Waals surface area (Å²) >= 11 is 1.88. The number of fused-ring (bicyclic) bond motifs is 3. The number of hydrogen-bond acceptors (Lipinski definition) is 1. The van der Waals surface area contributed by atoms with Gasteiger partial charge in [0.25, 0.3) is 0 Å². The van der Waals surface area contributed by atoms with Crippen LogP contribution in [-0.4, -0.2) is 0 Å². The molecular weight excluding hydrogens is 537 g/mol. The maximum absolute atomic E-state index is 2.39. The summed E-state index contributed by atoms with van der Waals surface area (Å²) in [5.74, 6) is 0. The van der Waals surface area contributed by atoms with Crippen LogP contribution in [0, 0.1) is 0 Å². The van der Waals surface area contributed by atoms with E-state index < -0.39 is 0 Å². The van der Waals surface area contributed by atoms with E-state index in [1.165, 1.54) is 97.0 Å². The van der Waals surface area contributed by atoms with E-state index in [0.29, 0.717) is 0 Å². The fraction of sp³-hybridized carbons (Fsp3) is 0. The van der Waals surface area contributed by atoms with Crippen LogP contribution in [0.5, 0.6) is 0 Å². The number of rotatable bonds is 2. The molecule has 0 aliphatic carbocycles. The Bertz CT molecular complexity index is 2570. The van der Waals surface area contributed by atoms with Gasteiger partial charge in [0, 0.05) is 15.2 Å². The summed E-state index contributed by atoms with van der Waals surface area (Å²) in [6.45, 7) is 0. The van der Waals surface area contributed by atoms with E-state index in [0.717, 1.165) is 0 Å². The minimum Gasteiger partial charge on any atom is -0.0888 e. The van der Waals surface area contributed by atoms with Crippen molar-refractivity contribution in [3.63, 3.8) is 0 Å². The molecule has 0 radical (unpaired) electrons. The van der Waals surface area contributed by atoms with E-state index in [1.807, 2.05) is 11.8 Å². The Hall–Kier alpha value is -5.11. The highest BCUT2D eigenvalue weighted by molar-refractivity contribution is 7.99. The van der Waals surface area contributed by atoms with Gasteiger partial charge in [-0.25, -0.2) is 0 Å². The molecule has 0 atom stereocenters. The smallest absolute Gasteiger partial charge is 0.0207 e. The molecule has 0 unspecified atom stereocenters. The maximum atomic E-state index is 2.39. The molecule has 0 aromatic heterocycles. The first-order valence-corrected chi connectivity index (χ1v) is 15.7. The van der Waals surface area contributed by atoms with Gasteiger partial charge in [-0.1, -0.05) is 133 Å². The van der Waals surface area contributed by atoms with Crippen molar-refractivity contribution in [2.75, 3.05) is 0 Å². The molecule has 9 aromatic rings. The lowest BCUT2D eigenvalue weighted by atomic mass is 9.88. The van der Waals surface area contributed by atoms with Gasteiger partial charge in [0.05, 0.1) is 0 Å².